The van der Waals surface area contributed by atoms with Crippen molar-refractivity contribution in [3.63, 3.8) is 0 Å². The smallest absolute Gasteiger partial charge is 0.254 e. The van der Waals surface area contributed by atoms with Gasteiger partial charge < -0.3 is 14.9 Å². The number of rotatable bonds is 4. The maximum Gasteiger partial charge on any atom is 0.254 e. The lowest BCUT2D eigenvalue weighted by Crippen LogP contribution is -2.48. The van der Waals surface area contributed by atoms with Crippen LogP contribution < -0.4 is 4.90 Å². The molecule has 1 saturated heterocycles. The Bertz CT molecular complexity index is 1320. The molecule has 8 heteroatoms. The average molecular weight is 478 g/mol. The maximum atomic E-state index is 13.4. The van der Waals surface area contributed by atoms with Gasteiger partial charge in [0.2, 0.25) is 10.0 Å². The van der Waals surface area contributed by atoms with Gasteiger partial charge in [-0.05, 0) is 47.9 Å². The Hall–Kier alpha value is -3.36. The highest BCUT2D eigenvalue weighted by molar-refractivity contribution is 7.89. The molecular weight excluding hydrogens is 450 g/mol. The van der Waals surface area contributed by atoms with E-state index in [1.165, 1.54) is 15.9 Å². The van der Waals surface area contributed by atoms with Gasteiger partial charge in [-0.3, -0.25) is 4.79 Å². The standard InChI is InChI=1S/C26H27N3O4S/c30-25-11-4-3-10-24(25)27-14-16-28(17-15-27)26(31)21-8-5-9-23(18-21)34(32,33)29-13-12-20-6-1-2-7-22(20)19-29/h1-11,18,30H,12-17,19H2. The summed E-state index contributed by atoms with van der Waals surface area (Å²) in [6, 6.07) is 21.4. The Morgan fingerprint density at radius 2 is 1.50 bits per heavy atom. The number of amides is 1. The second kappa shape index (κ2) is 9.12. The van der Waals surface area contributed by atoms with E-state index in [0.717, 1.165) is 11.3 Å². The molecule has 0 saturated carbocycles. The van der Waals surface area contributed by atoms with Crippen LogP contribution in [-0.4, -0.2) is 61.4 Å². The fourth-order valence-corrected chi connectivity index (χ4v) is 6.14. The van der Waals surface area contributed by atoms with Gasteiger partial charge in [-0.1, -0.05) is 42.5 Å². The summed E-state index contributed by atoms with van der Waals surface area (Å²) in [5, 5.41) is 10.1. The Labute approximate surface area is 199 Å². The average Bonchev–Trinajstić information content (AvgIpc) is 2.88. The quantitative estimate of drug-likeness (QED) is 0.625. The van der Waals surface area contributed by atoms with E-state index in [0.29, 0.717) is 51.3 Å². The molecule has 1 fully saturated rings. The Balaban J connectivity index is 1.29. The van der Waals surface area contributed by atoms with Crippen LogP contribution in [0.4, 0.5) is 5.69 Å². The van der Waals surface area contributed by atoms with Crippen LogP contribution >= 0.6 is 0 Å². The maximum absolute atomic E-state index is 13.4. The van der Waals surface area contributed by atoms with E-state index in [4.69, 9.17) is 0 Å². The minimum Gasteiger partial charge on any atom is -0.506 e. The summed E-state index contributed by atoms with van der Waals surface area (Å²) >= 11 is 0. The van der Waals surface area contributed by atoms with Gasteiger partial charge in [0, 0.05) is 44.8 Å². The van der Waals surface area contributed by atoms with Crippen LogP contribution in [0.5, 0.6) is 5.75 Å². The molecule has 0 aromatic heterocycles. The molecule has 1 N–H and O–H groups in total. The Morgan fingerprint density at radius 1 is 0.794 bits per heavy atom. The van der Waals surface area contributed by atoms with Crippen molar-refractivity contribution in [3.05, 3.63) is 89.5 Å². The zero-order chi connectivity index (χ0) is 23.7. The highest BCUT2D eigenvalue weighted by atomic mass is 32.2. The summed E-state index contributed by atoms with van der Waals surface area (Å²) in [6.45, 7) is 2.93. The first-order chi connectivity index (χ1) is 16.4. The third-order valence-corrected chi connectivity index (χ3v) is 8.44. The normalized spacial score (nSPS) is 16.8. The number of hydrogen-bond donors (Lipinski definition) is 1. The van der Waals surface area contributed by atoms with Crippen LogP contribution in [0, 0.1) is 0 Å². The molecule has 1 amide bonds. The minimum absolute atomic E-state index is 0.144. The highest BCUT2D eigenvalue weighted by Crippen LogP contribution is 2.28. The molecule has 3 aromatic carbocycles. The van der Waals surface area contributed by atoms with Gasteiger partial charge in [-0.25, -0.2) is 8.42 Å². The van der Waals surface area contributed by atoms with Crippen LogP contribution in [0.15, 0.2) is 77.7 Å². The van der Waals surface area contributed by atoms with Crippen LogP contribution in [0.1, 0.15) is 21.5 Å². The number of anilines is 1. The second-order valence-corrected chi connectivity index (χ2v) is 10.6. The number of carbonyl (C=O) groups excluding carboxylic acids is 1. The number of para-hydroxylation sites is 2. The summed E-state index contributed by atoms with van der Waals surface area (Å²) in [7, 11) is -3.71. The van der Waals surface area contributed by atoms with Crippen molar-refractivity contribution in [1.82, 2.24) is 9.21 Å². The molecular formula is C26H27N3O4S. The third-order valence-electron chi connectivity index (χ3n) is 6.60. The van der Waals surface area contributed by atoms with Gasteiger partial charge >= 0.3 is 0 Å². The Kier molecular flexibility index (Phi) is 6.02. The number of piperazine rings is 1. The lowest BCUT2D eigenvalue weighted by molar-refractivity contribution is 0.0746. The molecule has 34 heavy (non-hydrogen) atoms. The third kappa shape index (κ3) is 4.26. The number of phenolic OH excluding ortho intramolecular Hbond substituents is 1. The van der Waals surface area contributed by atoms with Crippen LogP contribution in [0.25, 0.3) is 0 Å². The first-order valence-electron chi connectivity index (χ1n) is 11.4. The van der Waals surface area contributed by atoms with Gasteiger partial charge in [0.1, 0.15) is 5.75 Å². The van der Waals surface area contributed by atoms with Crippen molar-refractivity contribution in [3.8, 4) is 5.75 Å². The molecule has 0 radical (unpaired) electrons. The molecule has 0 unspecified atom stereocenters. The topological polar surface area (TPSA) is 81.2 Å². The van der Waals surface area contributed by atoms with E-state index in [-0.39, 0.29) is 16.6 Å². The highest BCUT2D eigenvalue weighted by Gasteiger charge is 2.30. The van der Waals surface area contributed by atoms with E-state index in [2.05, 4.69) is 0 Å². The predicted molar refractivity (Wildman–Crippen MR) is 130 cm³/mol. The predicted octanol–water partition coefficient (Wildman–Crippen LogP) is 3.10. The largest absolute Gasteiger partial charge is 0.506 e. The van der Waals surface area contributed by atoms with Crippen molar-refractivity contribution in [2.75, 3.05) is 37.6 Å². The van der Waals surface area contributed by atoms with Gasteiger partial charge in [-0.15, -0.1) is 0 Å². The van der Waals surface area contributed by atoms with Gasteiger partial charge in [-0.2, -0.15) is 4.31 Å². The number of aromatic hydroxyl groups is 1. The number of fused-ring (bicyclic) bond motifs is 1. The summed E-state index contributed by atoms with van der Waals surface area (Å²) in [5.74, 6) is 0.0403. The monoisotopic (exact) mass is 477 g/mol. The number of hydrogen-bond acceptors (Lipinski definition) is 5. The van der Waals surface area contributed by atoms with Crippen molar-refractivity contribution >= 4 is 21.6 Å². The number of carbonyl (C=O) groups is 1. The van der Waals surface area contributed by atoms with Crippen molar-refractivity contribution in [2.24, 2.45) is 0 Å². The first kappa shape index (κ1) is 22.4. The van der Waals surface area contributed by atoms with Crippen molar-refractivity contribution in [1.29, 1.82) is 0 Å². The van der Waals surface area contributed by atoms with E-state index >= 15 is 0 Å². The molecule has 7 nitrogen and oxygen atoms in total. The fourth-order valence-electron chi connectivity index (χ4n) is 4.68. The van der Waals surface area contributed by atoms with E-state index < -0.39 is 10.0 Å². The molecule has 2 aliphatic heterocycles. The summed E-state index contributed by atoms with van der Waals surface area (Å²) in [6.07, 6.45) is 0.676. The molecule has 0 atom stereocenters. The number of phenols is 1. The van der Waals surface area contributed by atoms with Crippen LogP contribution in [0.2, 0.25) is 0 Å². The molecule has 0 aliphatic carbocycles. The number of benzene rings is 3. The van der Waals surface area contributed by atoms with Crippen molar-refractivity contribution < 1.29 is 18.3 Å². The van der Waals surface area contributed by atoms with E-state index in [1.807, 2.05) is 41.3 Å². The van der Waals surface area contributed by atoms with Gasteiger partial charge in [0.15, 0.2) is 0 Å². The van der Waals surface area contributed by atoms with Crippen LogP contribution in [-0.2, 0) is 23.0 Å². The summed E-state index contributed by atoms with van der Waals surface area (Å²) < 4.78 is 28.2. The lowest BCUT2D eigenvalue weighted by atomic mass is 10.0. The van der Waals surface area contributed by atoms with E-state index in [9.17, 15) is 18.3 Å². The lowest BCUT2D eigenvalue weighted by Gasteiger charge is -2.36. The zero-order valence-corrected chi connectivity index (χ0v) is 19.6. The Morgan fingerprint density at radius 3 is 2.26 bits per heavy atom. The second-order valence-electron chi connectivity index (χ2n) is 8.65. The van der Waals surface area contributed by atoms with Crippen LogP contribution in [0.3, 0.4) is 0 Å². The number of nitrogens with zero attached hydrogens (tertiary/aromatic N) is 3. The molecule has 0 bridgehead atoms. The molecule has 3 aromatic rings. The van der Waals surface area contributed by atoms with Gasteiger partial charge in [0.05, 0.1) is 10.6 Å². The zero-order valence-electron chi connectivity index (χ0n) is 18.8. The van der Waals surface area contributed by atoms with Crippen molar-refractivity contribution in [2.45, 2.75) is 17.9 Å². The summed E-state index contributed by atoms with van der Waals surface area (Å²) in [5.41, 5.74) is 3.33. The van der Waals surface area contributed by atoms with E-state index in [1.54, 1.807) is 35.2 Å². The minimum atomic E-state index is -3.71. The van der Waals surface area contributed by atoms with Gasteiger partial charge in [0.25, 0.3) is 5.91 Å². The summed E-state index contributed by atoms with van der Waals surface area (Å²) in [4.78, 5) is 17.1. The number of sulfonamides is 1. The first-order valence-corrected chi connectivity index (χ1v) is 12.9. The molecule has 2 aliphatic rings. The fraction of sp³-hybridized carbons (Fsp3) is 0.269. The SMILES string of the molecule is O=C(c1cccc(S(=O)(=O)N2CCc3ccccc3C2)c1)N1CCN(c2ccccc2O)CC1. The molecule has 0 spiro atoms. The molecule has 2 heterocycles. The molecule has 5 rings (SSSR count). The molecule has 176 valence electrons.